The van der Waals surface area contributed by atoms with Crippen LogP contribution in [0.15, 0.2) is 57.3 Å². The predicted octanol–water partition coefficient (Wildman–Crippen LogP) is 4.05. The minimum atomic E-state index is -3.85. The largest absolute Gasteiger partial charge is 0.506 e. The molecule has 0 aromatic heterocycles. The van der Waals surface area contributed by atoms with Crippen molar-refractivity contribution in [1.29, 1.82) is 0 Å². The van der Waals surface area contributed by atoms with Gasteiger partial charge in [-0.3, -0.25) is 18.6 Å². The van der Waals surface area contributed by atoms with Crippen LogP contribution in [-0.2, 0) is 20.4 Å². The van der Waals surface area contributed by atoms with Crippen molar-refractivity contribution in [3.8, 4) is 0 Å². The molecular weight excluding hydrogens is 492 g/mol. The van der Waals surface area contributed by atoms with Crippen LogP contribution < -0.4 is 15.8 Å². The molecule has 1 aliphatic heterocycles. The predicted molar refractivity (Wildman–Crippen MR) is 138 cm³/mol. The molecule has 1 atom stereocenters. The van der Waals surface area contributed by atoms with Crippen molar-refractivity contribution >= 4 is 49.6 Å². The summed E-state index contributed by atoms with van der Waals surface area (Å²) in [7, 11) is -7.45. The average molecular weight is 521 g/mol. The summed E-state index contributed by atoms with van der Waals surface area (Å²) in [4.78, 5) is 13.7. The number of ketones is 1. The van der Waals surface area contributed by atoms with Crippen molar-refractivity contribution in [3.63, 3.8) is 0 Å². The van der Waals surface area contributed by atoms with Gasteiger partial charge in [0.15, 0.2) is 11.6 Å². The molecule has 0 saturated heterocycles. The number of rotatable bonds is 6. The van der Waals surface area contributed by atoms with Crippen molar-refractivity contribution in [2.45, 2.75) is 37.1 Å². The number of nitrogens with zero attached hydrogens (tertiary/aromatic N) is 1. The van der Waals surface area contributed by atoms with Gasteiger partial charge in [-0.2, -0.15) is 0 Å². The Bertz CT molecular complexity index is 1380. The number of amidine groups is 1. The maximum Gasteiger partial charge on any atom is 0.229 e. The molecule has 0 radical (unpaired) electrons. The normalized spacial score (nSPS) is 22.1. The Hall–Kier alpha value is -2.90. The molecule has 1 aliphatic carbocycles. The number of aliphatic hydroxyl groups is 1. The van der Waals surface area contributed by atoms with Crippen LogP contribution in [0.3, 0.4) is 0 Å². The molecule has 35 heavy (non-hydrogen) atoms. The Morgan fingerprint density at radius 2 is 1.89 bits per heavy atom. The molecule has 0 saturated carbocycles. The molecule has 0 spiro atoms. The van der Waals surface area contributed by atoms with Crippen LogP contribution in [0, 0.1) is 5.92 Å². The molecule has 4 rings (SSSR count). The number of benzene rings is 2. The first-order chi connectivity index (χ1) is 16.2. The first kappa shape index (κ1) is 25.2. The maximum absolute atomic E-state index is 13.8. The average Bonchev–Trinajstić information content (AvgIpc) is 2.76. The minimum absolute atomic E-state index is 0.0579. The van der Waals surface area contributed by atoms with E-state index in [0.717, 1.165) is 6.26 Å². The van der Waals surface area contributed by atoms with Crippen molar-refractivity contribution in [2.75, 3.05) is 16.3 Å². The van der Waals surface area contributed by atoms with Crippen LogP contribution in [0.1, 0.15) is 37.8 Å². The van der Waals surface area contributed by atoms with Gasteiger partial charge in [0, 0.05) is 5.56 Å². The van der Waals surface area contributed by atoms with Crippen LogP contribution in [0.2, 0.25) is 0 Å². The smallest absolute Gasteiger partial charge is 0.229 e. The molecule has 12 heteroatoms. The SMILES string of the molecule is CC(C)CCC1(N)C(=O)C(C2=NS(O)(O)c3cc(NS(C)(=O)=O)ccc3N2)=C(O)c2ccccc21. The highest BCUT2D eigenvalue weighted by Gasteiger charge is 2.47. The second-order valence-electron chi connectivity index (χ2n) is 9.17. The monoisotopic (exact) mass is 520 g/mol. The van der Waals surface area contributed by atoms with Gasteiger partial charge in [-0.25, -0.2) is 8.42 Å². The molecule has 188 valence electrons. The molecule has 0 fully saturated rings. The van der Waals surface area contributed by atoms with Gasteiger partial charge >= 0.3 is 0 Å². The van der Waals surface area contributed by atoms with E-state index in [4.69, 9.17) is 5.73 Å². The van der Waals surface area contributed by atoms with E-state index in [1.165, 1.54) is 18.2 Å². The van der Waals surface area contributed by atoms with Crippen molar-refractivity contribution in [1.82, 2.24) is 0 Å². The minimum Gasteiger partial charge on any atom is -0.506 e. The topological polar surface area (TPSA) is 174 Å². The Balaban J connectivity index is 1.82. The molecule has 7 N–H and O–H groups in total. The van der Waals surface area contributed by atoms with E-state index in [1.54, 1.807) is 24.3 Å². The molecule has 10 nitrogen and oxygen atoms in total. The Morgan fingerprint density at radius 3 is 2.54 bits per heavy atom. The molecule has 2 aromatic rings. The van der Waals surface area contributed by atoms with Gasteiger partial charge in [0.1, 0.15) is 21.8 Å². The highest BCUT2D eigenvalue weighted by atomic mass is 32.3. The summed E-state index contributed by atoms with van der Waals surface area (Å²) >= 11 is 0. The zero-order valence-electron chi connectivity index (χ0n) is 19.4. The van der Waals surface area contributed by atoms with Crippen molar-refractivity contribution < 1.29 is 27.4 Å². The molecule has 1 heterocycles. The third-order valence-electron chi connectivity index (χ3n) is 5.94. The second-order valence-corrected chi connectivity index (χ2v) is 12.6. The molecule has 0 bridgehead atoms. The van der Waals surface area contributed by atoms with E-state index in [0.29, 0.717) is 24.0 Å². The number of hydrogen-bond acceptors (Lipinski definition) is 9. The fraction of sp³-hybridized carbons (Fsp3) is 0.304. The molecule has 1 unspecified atom stereocenters. The number of aliphatic hydroxyl groups excluding tert-OH is 1. The summed E-state index contributed by atoms with van der Waals surface area (Å²) in [5.41, 5.74) is 6.20. The summed E-state index contributed by atoms with van der Waals surface area (Å²) < 4.78 is 51.0. The second kappa shape index (κ2) is 8.64. The summed E-state index contributed by atoms with van der Waals surface area (Å²) in [5.74, 6) is -0.902. The fourth-order valence-corrected chi connectivity index (χ4v) is 5.96. The fourth-order valence-electron chi connectivity index (χ4n) is 4.22. The number of sulfonamides is 1. The molecule has 0 amide bonds. The van der Waals surface area contributed by atoms with Gasteiger partial charge in [-0.1, -0.05) is 48.9 Å². The zero-order chi connectivity index (χ0) is 25.8. The maximum atomic E-state index is 13.8. The lowest BCUT2D eigenvalue weighted by Gasteiger charge is -2.39. The highest BCUT2D eigenvalue weighted by molar-refractivity contribution is 8.23. The van der Waals surface area contributed by atoms with E-state index in [-0.39, 0.29) is 39.4 Å². The standard InChI is InChI=1S/C23H28N4O6S2/c1-13(2)10-11-23(24)16-7-5-4-6-15(16)20(28)19(21(23)29)22-25-17-9-8-14(26-34(3,30)31)12-18(17)35(32,33)27-22/h4-9,12-13,26,28,32-33H,10-11,24H2,1-3H3,(H,25,27). The summed E-state index contributed by atoms with van der Waals surface area (Å²) in [5, 5.41) is 14.0. The van der Waals surface area contributed by atoms with E-state index in [2.05, 4.69) is 14.4 Å². The number of nitrogens with two attached hydrogens (primary N) is 1. The van der Waals surface area contributed by atoms with Crippen LogP contribution >= 0.6 is 10.8 Å². The quantitative estimate of drug-likeness (QED) is 0.331. The third-order valence-corrected chi connectivity index (χ3v) is 7.91. The molecular formula is C23H28N4O6S2. The van der Waals surface area contributed by atoms with Gasteiger partial charge in [0.2, 0.25) is 10.0 Å². The van der Waals surface area contributed by atoms with Crippen LogP contribution in [0.25, 0.3) is 5.76 Å². The van der Waals surface area contributed by atoms with E-state index in [9.17, 15) is 27.4 Å². The first-order valence-electron chi connectivity index (χ1n) is 10.9. The van der Waals surface area contributed by atoms with E-state index < -0.39 is 32.1 Å². The zero-order valence-corrected chi connectivity index (χ0v) is 21.1. The number of carbonyl (C=O) groups excluding carboxylic acids is 1. The van der Waals surface area contributed by atoms with Gasteiger partial charge in [-0.05, 0) is 42.5 Å². The Morgan fingerprint density at radius 1 is 1.20 bits per heavy atom. The lowest BCUT2D eigenvalue weighted by molar-refractivity contribution is -0.120. The lowest BCUT2D eigenvalue weighted by Crippen LogP contribution is -2.50. The molecule has 2 aliphatic rings. The van der Waals surface area contributed by atoms with Crippen molar-refractivity contribution in [2.24, 2.45) is 16.0 Å². The molecule has 2 aromatic carbocycles. The number of nitrogens with one attached hydrogen (secondary N) is 2. The van der Waals surface area contributed by atoms with E-state index >= 15 is 0 Å². The Kier molecular flexibility index (Phi) is 6.22. The van der Waals surface area contributed by atoms with E-state index in [1.807, 2.05) is 13.8 Å². The summed E-state index contributed by atoms with van der Waals surface area (Å²) in [6, 6.07) is 10.9. The number of fused-ring (bicyclic) bond motifs is 2. The number of carbonyl (C=O) groups is 1. The highest BCUT2D eigenvalue weighted by Crippen LogP contribution is 2.56. The first-order valence-corrected chi connectivity index (χ1v) is 14.3. The number of Topliss-reactive ketones (excluding diaryl/α,β-unsaturated/α-hetero) is 1. The summed E-state index contributed by atoms with van der Waals surface area (Å²) in [6.45, 7) is 4.03. The van der Waals surface area contributed by atoms with Crippen LogP contribution in [0.5, 0.6) is 0 Å². The summed E-state index contributed by atoms with van der Waals surface area (Å²) in [6.07, 6.45) is 1.94. The number of anilines is 2. The van der Waals surface area contributed by atoms with Crippen LogP contribution in [0.4, 0.5) is 11.4 Å². The van der Waals surface area contributed by atoms with Crippen LogP contribution in [-0.4, -0.2) is 40.5 Å². The van der Waals surface area contributed by atoms with Crippen molar-refractivity contribution in [3.05, 3.63) is 59.2 Å². The van der Waals surface area contributed by atoms with Gasteiger partial charge in [0.05, 0.1) is 17.6 Å². The van der Waals surface area contributed by atoms with Gasteiger partial charge in [-0.15, -0.1) is 4.40 Å². The Labute approximate surface area is 205 Å². The van der Waals surface area contributed by atoms with Gasteiger partial charge < -0.3 is 16.2 Å². The lowest BCUT2D eigenvalue weighted by atomic mass is 9.72. The third kappa shape index (κ3) is 4.67. The number of hydrogen-bond donors (Lipinski definition) is 6. The van der Waals surface area contributed by atoms with Gasteiger partial charge in [0.25, 0.3) is 0 Å².